The minimum absolute atomic E-state index is 0.208. The molecule has 1 atom stereocenters. The highest BCUT2D eigenvalue weighted by Gasteiger charge is 2.42. The molecular formula is C23H18N8. The zero-order chi connectivity index (χ0) is 20.8. The van der Waals surface area contributed by atoms with Gasteiger partial charge in [-0.25, -0.2) is 4.68 Å². The van der Waals surface area contributed by atoms with E-state index in [-0.39, 0.29) is 6.04 Å². The molecule has 2 aromatic carbocycles. The second-order valence-electron chi connectivity index (χ2n) is 7.34. The van der Waals surface area contributed by atoms with Crippen LogP contribution in [0.25, 0.3) is 5.69 Å². The zero-order valence-electron chi connectivity index (χ0n) is 16.7. The monoisotopic (exact) mass is 406 g/mol. The number of rotatable bonds is 3. The van der Waals surface area contributed by atoms with Crippen molar-refractivity contribution >= 4 is 17.5 Å². The first-order chi connectivity index (χ1) is 15.3. The molecule has 2 aliphatic heterocycles. The number of nitrogens with zero attached hydrogens (tertiary/aromatic N) is 8. The Kier molecular flexibility index (Phi) is 3.89. The van der Waals surface area contributed by atoms with Gasteiger partial charge in [0.15, 0.2) is 5.82 Å². The Hall–Kier alpha value is -4.33. The van der Waals surface area contributed by atoms with Crippen LogP contribution >= 0.6 is 0 Å². The number of guanidine groups is 1. The van der Waals surface area contributed by atoms with Gasteiger partial charge in [-0.1, -0.05) is 36.4 Å². The van der Waals surface area contributed by atoms with Gasteiger partial charge in [-0.2, -0.15) is 20.1 Å². The van der Waals surface area contributed by atoms with Crippen molar-refractivity contribution in [2.24, 2.45) is 15.4 Å². The highest BCUT2D eigenvalue weighted by molar-refractivity contribution is 5.99. The average Bonchev–Trinajstić information content (AvgIpc) is 3.41. The normalized spacial score (nSPS) is 16.8. The van der Waals surface area contributed by atoms with E-state index in [9.17, 15) is 0 Å². The molecule has 2 aliphatic rings. The standard InChI is InChI=1S/C23H18N8/c1-16-20-21(17-12-14-24-15-13-17)31-23(30(27-28-31)19-10-6-3-7-11-19)25-22(20)29(26-16)18-8-4-2-5-9-18/h2-15,21H,1H3. The van der Waals surface area contributed by atoms with Crippen LogP contribution in [0.3, 0.4) is 0 Å². The van der Waals surface area contributed by atoms with E-state index in [1.54, 1.807) is 17.4 Å². The fraction of sp³-hybridized carbons (Fsp3) is 0.0870. The minimum Gasteiger partial charge on any atom is -0.265 e. The molecule has 0 saturated carbocycles. The third-order valence-electron chi connectivity index (χ3n) is 5.45. The van der Waals surface area contributed by atoms with Crippen LogP contribution in [0.4, 0.5) is 11.5 Å². The second kappa shape index (κ2) is 6.88. The number of hydrogen-bond donors (Lipinski definition) is 0. The molecule has 0 bridgehead atoms. The summed E-state index contributed by atoms with van der Waals surface area (Å²) in [4.78, 5) is 9.19. The van der Waals surface area contributed by atoms with Crippen LogP contribution in [0, 0.1) is 6.92 Å². The lowest BCUT2D eigenvalue weighted by atomic mass is 9.98. The van der Waals surface area contributed by atoms with Crippen LogP contribution in [0.2, 0.25) is 0 Å². The van der Waals surface area contributed by atoms with E-state index < -0.39 is 0 Å². The fourth-order valence-corrected chi connectivity index (χ4v) is 4.04. The molecule has 150 valence electrons. The number of benzene rings is 2. The number of fused-ring (bicyclic) bond motifs is 2. The molecule has 8 nitrogen and oxygen atoms in total. The first-order valence-electron chi connectivity index (χ1n) is 10.0. The van der Waals surface area contributed by atoms with E-state index in [1.165, 1.54) is 0 Å². The van der Waals surface area contributed by atoms with Gasteiger partial charge in [0.25, 0.3) is 5.96 Å². The summed E-state index contributed by atoms with van der Waals surface area (Å²) < 4.78 is 1.89. The van der Waals surface area contributed by atoms with Crippen molar-refractivity contribution in [1.29, 1.82) is 0 Å². The van der Waals surface area contributed by atoms with E-state index >= 15 is 0 Å². The molecule has 0 amide bonds. The van der Waals surface area contributed by atoms with Gasteiger partial charge < -0.3 is 0 Å². The van der Waals surface area contributed by atoms with Crippen molar-refractivity contribution in [2.75, 3.05) is 5.01 Å². The molecule has 0 spiro atoms. The summed E-state index contributed by atoms with van der Waals surface area (Å²) in [6, 6.07) is 23.7. The maximum absolute atomic E-state index is 5.00. The van der Waals surface area contributed by atoms with Crippen molar-refractivity contribution in [1.82, 2.24) is 19.8 Å². The Morgan fingerprint density at radius 3 is 2.16 bits per heavy atom. The summed E-state index contributed by atoms with van der Waals surface area (Å²) in [7, 11) is 0. The highest BCUT2D eigenvalue weighted by Crippen LogP contribution is 2.44. The van der Waals surface area contributed by atoms with Crippen molar-refractivity contribution in [3.63, 3.8) is 0 Å². The van der Waals surface area contributed by atoms with E-state index in [1.807, 2.05) is 89.4 Å². The van der Waals surface area contributed by atoms with Gasteiger partial charge >= 0.3 is 0 Å². The Bertz CT molecular complexity index is 1300. The number of para-hydroxylation sites is 2. The largest absolute Gasteiger partial charge is 0.265 e. The maximum atomic E-state index is 5.00. The molecular weight excluding hydrogens is 388 g/mol. The summed E-state index contributed by atoms with van der Waals surface area (Å²) >= 11 is 0. The molecule has 0 N–H and O–H groups in total. The smallest absolute Gasteiger partial charge is 0.253 e. The van der Waals surface area contributed by atoms with Crippen LogP contribution in [0.5, 0.6) is 0 Å². The van der Waals surface area contributed by atoms with Gasteiger partial charge in [0.1, 0.15) is 6.04 Å². The maximum Gasteiger partial charge on any atom is 0.253 e. The van der Waals surface area contributed by atoms with Crippen LogP contribution in [-0.2, 0) is 0 Å². The number of pyridine rings is 1. The quantitative estimate of drug-likeness (QED) is 0.491. The van der Waals surface area contributed by atoms with Gasteiger partial charge in [-0.15, -0.1) is 0 Å². The number of aliphatic imine (C=N–C) groups is 1. The van der Waals surface area contributed by atoms with Crippen LogP contribution in [0.1, 0.15) is 22.9 Å². The van der Waals surface area contributed by atoms with Crippen molar-refractivity contribution < 1.29 is 0 Å². The lowest BCUT2D eigenvalue weighted by Gasteiger charge is -2.30. The minimum atomic E-state index is -0.208. The molecule has 0 aliphatic carbocycles. The van der Waals surface area contributed by atoms with Gasteiger partial charge in [-0.3, -0.25) is 4.98 Å². The lowest BCUT2D eigenvalue weighted by molar-refractivity contribution is 0.365. The van der Waals surface area contributed by atoms with E-state index in [4.69, 9.17) is 10.1 Å². The van der Waals surface area contributed by atoms with Crippen LogP contribution < -0.4 is 5.01 Å². The van der Waals surface area contributed by atoms with Gasteiger partial charge in [0.2, 0.25) is 0 Å². The average molecular weight is 406 g/mol. The first-order valence-corrected chi connectivity index (χ1v) is 10.0. The molecule has 4 heterocycles. The Labute approximate surface area is 178 Å². The van der Waals surface area contributed by atoms with E-state index in [0.717, 1.165) is 34.0 Å². The topological polar surface area (TPSA) is 74.3 Å². The van der Waals surface area contributed by atoms with Crippen LogP contribution in [-0.4, -0.2) is 25.7 Å². The summed E-state index contributed by atoms with van der Waals surface area (Å²) in [6.45, 7) is 2.01. The summed E-state index contributed by atoms with van der Waals surface area (Å²) in [5.74, 6) is 1.42. The van der Waals surface area contributed by atoms with E-state index in [0.29, 0.717) is 5.96 Å². The summed E-state index contributed by atoms with van der Waals surface area (Å²) in [5.41, 5.74) is 4.81. The van der Waals surface area contributed by atoms with E-state index in [2.05, 4.69) is 15.4 Å². The van der Waals surface area contributed by atoms with Crippen molar-refractivity contribution in [2.45, 2.75) is 13.0 Å². The van der Waals surface area contributed by atoms with Crippen LogP contribution in [0.15, 0.2) is 101 Å². The molecule has 2 aromatic heterocycles. The number of hydrogen-bond acceptors (Lipinski definition) is 7. The van der Waals surface area contributed by atoms with Gasteiger partial charge in [-0.05, 0) is 59.3 Å². The number of aromatic nitrogens is 3. The zero-order valence-corrected chi connectivity index (χ0v) is 16.7. The van der Waals surface area contributed by atoms with Crippen molar-refractivity contribution in [3.05, 3.63) is 102 Å². The Balaban J connectivity index is 1.59. The van der Waals surface area contributed by atoms with Gasteiger partial charge in [0.05, 0.1) is 17.1 Å². The number of aryl methyl sites for hydroxylation is 1. The predicted octanol–water partition coefficient (Wildman–Crippen LogP) is 4.77. The molecule has 0 fully saturated rings. The third kappa shape index (κ3) is 2.72. The van der Waals surface area contributed by atoms with Crippen molar-refractivity contribution in [3.8, 4) is 5.69 Å². The molecule has 0 saturated heterocycles. The lowest BCUT2D eigenvalue weighted by Crippen LogP contribution is -2.38. The fourth-order valence-electron chi connectivity index (χ4n) is 4.04. The molecule has 8 heteroatoms. The van der Waals surface area contributed by atoms with Gasteiger partial charge in [0, 0.05) is 18.0 Å². The molecule has 31 heavy (non-hydrogen) atoms. The highest BCUT2D eigenvalue weighted by atomic mass is 15.8. The summed E-state index contributed by atoms with van der Waals surface area (Å²) in [6.07, 6.45) is 3.58. The summed E-state index contributed by atoms with van der Waals surface area (Å²) in [5, 5.41) is 17.4. The Morgan fingerprint density at radius 1 is 0.774 bits per heavy atom. The molecule has 4 aromatic rings. The Morgan fingerprint density at radius 2 is 1.45 bits per heavy atom. The third-order valence-corrected chi connectivity index (χ3v) is 5.45. The first kappa shape index (κ1) is 17.5. The number of anilines is 1. The molecule has 6 rings (SSSR count). The predicted molar refractivity (Wildman–Crippen MR) is 117 cm³/mol. The SMILES string of the molecule is Cc1nn(-c2ccccc2)c2c1C(c1ccncc1)N1N=NN(c3ccccc3)C1=N2. The molecule has 0 radical (unpaired) electrons. The second-order valence-corrected chi connectivity index (χ2v) is 7.34. The molecule has 1 unspecified atom stereocenters.